The molecule has 1 atom stereocenters. The Morgan fingerprint density at radius 3 is 3.12 bits per heavy atom. The van der Waals surface area contributed by atoms with Crippen molar-refractivity contribution in [3.8, 4) is 12.3 Å². The lowest BCUT2D eigenvalue weighted by atomic mass is 10.1. The standard InChI is InChI=1S/C17H15ClFN3OS/c1-2-12-14(6-10(20)8-19)23-17-13(7-15(18)22-16(12)17)21-9-11-4-3-5-24-11/h1,3-5,7,10H,6,8-9,20H2,(H,21,22)/t10-/m1/s1/i6D2. The van der Waals surface area contributed by atoms with E-state index in [4.69, 9.17) is 30.9 Å². The van der Waals surface area contributed by atoms with Gasteiger partial charge in [0.1, 0.15) is 23.1 Å². The Labute approximate surface area is 150 Å². The van der Waals surface area contributed by atoms with Crippen LogP contribution in [-0.4, -0.2) is 17.7 Å². The number of halogens is 2. The van der Waals surface area contributed by atoms with Gasteiger partial charge in [-0.05, 0) is 11.4 Å². The second-order valence-electron chi connectivity index (χ2n) is 4.96. The van der Waals surface area contributed by atoms with Crippen LogP contribution in [0.3, 0.4) is 0 Å². The number of thiophene rings is 1. The Hall–Kier alpha value is -2.07. The molecule has 3 N–H and O–H groups in total. The molecule has 0 spiro atoms. The van der Waals surface area contributed by atoms with Crippen LogP contribution >= 0.6 is 22.9 Å². The van der Waals surface area contributed by atoms with E-state index < -0.39 is 19.1 Å². The highest BCUT2D eigenvalue weighted by atomic mass is 35.5. The van der Waals surface area contributed by atoms with Gasteiger partial charge in [0.15, 0.2) is 5.58 Å². The fourth-order valence-corrected chi connectivity index (χ4v) is 3.04. The van der Waals surface area contributed by atoms with Crippen LogP contribution in [0.5, 0.6) is 0 Å². The quantitative estimate of drug-likeness (QED) is 0.512. The summed E-state index contributed by atoms with van der Waals surface area (Å²) < 4.78 is 34.9. The summed E-state index contributed by atoms with van der Waals surface area (Å²) in [7, 11) is 0. The average molecular weight is 366 g/mol. The Balaban J connectivity index is 2.12. The van der Waals surface area contributed by atoms with Gasteiger partial charge in [0.05, 0.1) is 11.3 Å². The Morgan fingerprint density at radius 1 is 1.62 bits per heavy atom. The van der Waals surface area contributed by atoms with Gasteiger partial charge < -0.3 is 15.5 Å². The van der Waals surface area contributed by atoms with Crippen LogP contribution in [0, 0.1) is 12.3 Å². The van der Waals surface area contributed by atoms with Gasteiger partial charge >= 0.3 is 0 Å². The lowest BCUT2D eigenvalue weighted by Crippen LogP contribution is -2.24. The Kier molecular flexibility index (Phi) is 4.30. The highest BCUT2D eigenvalue weighted by molar-refractivity contribution is 7.09. The molecule has 0 aromatic carbocycles. The summed E-state index contributed by atoms with van der Waals surface area (Å²) in [6, 6.07) is 4.05. The van der Waals surface area contributed by atoms with Crippen molar-refractivity contribution in [1.82, 2.24) is 4.98 Å². The van der Waals surface area contributed by atoms with E-state index in [1.54, 1.807) is 17.4 Å². The SMILES string of the molecule is [2H]C([2H])(c1oc2c(NCc3cccs3)cc(Cl)nc2c1C#C)[C@@H](N)CF. The molecule has 0 aliphatic heterocycles. The summed E-state index contributed by atoms with van der Waals surface area (Å²) in [4.78, 5) is 5.25. The first-order valence-electron chi connectivity index (χ1n) is 8.06. The van der Waals surface area contributed by atoms with E-state index >= 15 is 0 Å². The van der Waals surface area contributed by atoms with Crippen molar-refractivity contribution >= 4 is 39.7 Å². The van der Waals surface area contributed by atoms with Gasteiger partial charge in [-0.2, -0.15) is 0 Å². The lowest BCUT2D eigenvalue weighted by molar-refractivity contribution is 0.406. The minimum Gasteiger partial charge on any atom is -0.456 e. The minimum absolute atomic E-state index is 0.0792. The van der Waals surface area contributed by atoms with E-state index in [0.717, 1.165) is 4.88 Å². The topological polar surface area (TPSA) is 64.1 Å². The van der Waals surface area contributed by atoms with Crippen molar-refractivity contribution < 1.29 is 11.5 Å². The fraction of sp³-hybridized carbons (Fsp3) is 0.235. The Bertz CT molecular complexity index is 969. The number of hydrogen-bond donors (Lipinski definition) is 2. The first-order valence-corrected chi connectivity index (χ1v) is 8.32. The average Bonchev–Trinajstić information content (AvgIpc) is 3.26. The first kappa shape index (κ1) is 14.3. The molecule has 0 unspecified atom stereocenters. The predicted molar refractivity (Wildman–Crippen MR) is 96.3 cm³/mol. The van der Waals surface area contributed by atoms with Crippen molar-refractivity contribution in [2.24, 2.45) is 5.73 Å². The summed E-state index contributed by atoms with van der Waals surface area (Å²) in [6.07, 6.45) is 3.24. The van der Waals surface area contributed by atoms with Crippen molar-refractivity contribution in [2.75, 3.05) is 12.0 Å². The van der Waals surface area contributed by atoms with E-state index in [-0.39, 0.29) is 27.6 Å². The molecular formula is C17H15ClFN3OS. The van der Waals surface area contributed by atoms with Gasteiger partial charge in [-0.3, -0.25) is 0 Å². The number of terminal acetylenes is 1. The lowest BCUT2D eigenvalue weighted by Gasteiger charge is -2.06. The number of furan rings is 1. The van der Waals surface area contributed by atoms with E-state index in [9.17, 15) is 4.39 Å². The highest BCUT2D eigenvalue weighted by Crippen LogP contribution is 2.33. The highest BCUT2D eigenvalue weighted by Gasteiger charge is 2.20. The molecular weight excluding hydrogens is 349 g/mol. The van der Waals surface area contributed by atoms with Crippen LogP contribution in [0.4, 0.5) is 10.1 Å². The number of nitrogens with one attached hydrogen (secondary N) is 1. The zero-order valence-corrected chi connectivity index (χ0v) is 14.0. The van der Waals surface area contributed by atoms with Crippen LogP contribution in [0.2, 0.25) is 5.15 Å². The van der Waals surface area contributed by atoms with Gasteiger partial charge in [0.2, 0.25) is 0 Å². The minimum atomic E-state index is -2.30. The molecule has 0 aliphatic rings. The summed E-state index contributed by atoms with van der Waals surface area (Å²) in [5.41, 5.74) is 6.66. The largest absolute Gasteiger partial charge is 0.456 e. The second kappa shape index (κ2) is 7.22. The monoisotopic (exact) mass is 365 g/mol. The van der Waals surface area contributed by atoms with Crippen LogP contribution in [-0.2, 0) is 12.9 Å². The number of alkyl halides is 1. The van der Waals surface area contributed by atoms with Gasteiger partial charge in [-0.1, -0.05) is 23.6 Å². The van der Waals surface area contributed by atoms with Crippen molar-refractivity contribution in [1.29, 1.82) is 0 Å². The molecule has 0 saturated carbocycles. The van der Waals surface area contributed by atoms with E-state index in [0.29, 0.717) is 12.2 Å². The molecule has 0 bridgehead atoms. The summed E-state index contributed by atoms with van der Waals surface area (Å²) in [5, 5.41) is 5.32. The van der Waals surface area contributed by atoms with Crippen molar-refractivity contribution in [2.45, 2.75) is 19.0 Å². The molecule has 3 rings (SSSR count). The molecule has 3 aromatic rings. The first-order chi connectivity index (χ1) is 12.4. The second-order valence-corrected chi connectivity index (χ2v) is 6.38. The summed E-state index contributed by atoms with van der Waals surface area (Å²) in [6.45, 7) is -0.545. The molecule has 0 fully saturated rings. The molecule has 124 valence electrons. The molecule has 0 amide bonds. The molecule has 7 heteroatoms. The summed E-state index contributed by atoms with van der Waals surface area (Å²) >= 11 is 7.67. The molecule has 24 heavy (non-hydrogen) atoms. The molecule has 3 aromatic heterocycles. The van der Waals surface area contributed by atoms with Crippen molar-refractivity contribution in [3.63, 3.8) is 0 Å². The Morgan fingerprint density at radius 2 is 2.46 bits per heavy atom. The summed E-state index contributed by atoms with van der Waals surface area (Å²) in [5.74, 6) is 2.14. The third-order valence-corrected chi connectivity index (χ3v) is 4.34. The molecule has 3 heterocycles. The zero-order valence-electron chi connectivity index (χ0n) is 14.5. The maximum Gasteiger partial charge on any atom is 0.177 e. The number of pyridine rings is 1. The van der Waals surface area contributed by atoms with Gasteiger partial charge in [0, 0.05) is 32.6 Å². The normalized spacial score (nSPS) is 14.1. The number of hydrogen-bond acceptors (Lipinski definition) is 5. The number of nitrogens with two attached hydrogens (primary N) is 1. The fourth-order valence-electron chi connectivity index (χ4n) is 2.20. The van der Waals surface area contributed by atoms with Crippen LogP contribution in [0.1, 0.15) is 18.9 Å². The maximum atomic E-state index is 13.0. The number of anilines is 1. The predicted octanol–water partition coefficient (Wildman–Crippen LogP) is 3.98. The molecule has 0 radical (unpaired) electrons. The number of aromatic nitrogens is 1. The third-order valence-electron chi connectivity index (χ3n) is 3.27. The van der Waals surface area contributed by atoms with Gasteiger partial charge in [0.25, 0.3) is 0 Å². The van der Waals surface area contributed by atoms with Crippen molar-refractivity contribution in [3.05, 3.63) is 44.9 Å². The number of fused-ring (bicyclic) bond motifs is 1. The molecule has 0 saturated heterocycles. The van der Waals surface area contributed by atoms with E-state index in [2.05, 4.69) is 16.2 Å². The van der Waals surface area contributed by atoms with E-state index in [1.165, 1.54) is 0 Å². The number of nitrogens with zero attached hydrogens (tertiary/aromatic N) is 1. The number of rotatable bonds is 6. The van der Waals surface area contributed by atoms with Crippen LogP contribution in [0.15, 0.2) is 28.0 Å². The maximum absolute atomic E-state index is 13.0. The van der Waals surface area contributed by atoms with Crippen LogP contribution in [0.25, 0.3) is 11.1 Å². The van der Waals surface area contributed by atoms with Gasteiger partial charge in [-0.15, -0.1) is 17.8 Å². The zero-order chi connectivity index (χ0) is 18.9. The van der Waals surface area contributed by atoms with E-state index in [1.807, 2.05) is 17.5 Å². The van der Waals surface area contributed by atoms with Gasteiger partial charge in [-0.25, -0.2) is 9.37 Å². The third kappa shape index (κ3) is 3.39. The smallest absolute Gasteiger partial charge is 0.177 e. The molecule has 0 aliphatic carbocycles. The molecule has 4 nitrogen and oxygen atoms in total. The van der Waals surface area contributed by atoms with Crippen LogP contribution < -0.4 is 11.1 Å².